The number of furan rings is 1. The third-order valence-electron chi connectivity index (χ3n) is 5.75. The second-order valence-corrected chi connectivity index (χ2v) is 10.0. The Bertz CT molecular complexity index is 996. The first-order valence-corrected chi connectivity index (χ1v) is 12.2. The number of anilines is 1. The largest absolute Gasteiger partial charge is 0.495 e. The van der Waals surface area contributed by atoms with Crippen molar-refractivity contribution in [2.45, 2.75) is 49.6 Å². The van der Waals surface area contributed by atoms with Crippen LogP contribution in [0.2, 0.25) is 0 Å². The zero-order valence-corrected chi connectivity index (χ0v) is 18.6. The Morgan fingerprint density at radius 1 is 1.23 bits per heavy atom. The Labute approximate surface area is 183 Å². The van der Waals surface area contributed by atoms with Crippen LogP contribution >= 0.6 is 0 Å². The number of hydrogen-bond acceptors (Lipinski definition) is 6. The fourth-order valence-corrected chi connectivity index (χ4v) is 5.47. The molecule has 1 amide bonds. The number of carbonyl (C=O) groups excluding carboxylic acids is 1. The van der Waals surface area contributed by atoms with Crippen LogP contribution in [0, 0.1) is 0 Å². The van der Waals surface area contributed by atoms with Crippen LogP contribution in [0.25, 0.3) is 0 Å². The molecule has 2 aromatic rings. The number of sulfonamides is 1. The monoisotopic (exact) mass is 447 g/mol. The number of methoxy groups -OCH3 is 1. The summed E-state index contributed by atoms with van der Waals surface area (Å²) in [6, 6.07) is 8.71. The number of amides is 1. The van der Waals surface area contributed by atoms with E-state index in [0.717, 1.165) is 37.9 Å². The number of nitrogens with zero attached hydrogens (tertiary/aromatic N) is 2. The fraction of sp³-hybridized carbons (Fsp3) is 0.500. The lowest BCUT2D eigenvalue weighted by Gasteiger charge is -2.26. The minimum absolute atomic E-state index is 0.167. The average molecular weight is 448 g/mol. The summed E-state index contributed by atoms with van der Waals surface area (Å²) >= 11 is 0. The van der Waals surface area contributed by atoms with E-state index in [1.807, 2.05) is 12.1 Å². The summed E-state index contributed by atoms with van der Waals surface area (Å²) in [6.07, 6.45) is 6.52. The molecule has 2 fully saturated rings. The smallest absolute Gasteiger partial charge is 0.243 e. The number of ether oxygens (including phenoxy) is 1. The summed E-state index contributed by atoms with van der Waals surface area (Å²) in [5, 5.41) is 2.85. The van der Waals surface area contributed by atoms with E-state index in [9.17, 15) is 13.2 Å². The third-order valence-corrected chi connectivity index (χ3v) is 7.64. The Morgan fingerprint density at radius 2 is 2.00 bits per heavy atom. The normalized spacial score (nSPS) is 17.6. The van der Waals surface area contributed by atoms with Gasteiger partial charge >= 0.3 is 0 Å². The van der Waals surface area contributed by atoms with Crippen molar-refractivity contribution in [1.29, 1.82) is 0 Å². The van der Waals surface area contributed by atoms with Crippen LogP contribution < -0.4 is 10.1 Å². The van der Waals surface area contributed by atoms with Crippen LogP contribution in [0.3, 0.4) is 0 Å². The summed E-state index contributed by atoms with van der Waals surface area (Å²) in [7, 11) is -2.11. The molecule has 4 rings (SSSR count). The molecule has 1 aliphatic heterocycles. The van der Waals surface area contributed by atoms with Crippen LogP contribution in [-0.4, -0.2) is 56.3 Å². The van der Waals surface area contributed by atoms with Crippen LogP contribution in [-0.2, 0) is 21.4 Å². The molecule has 8 nitrogen and oxygen atoms in total. The van der Waals surface area contributed by atoms with Gasteiger partial charge in [0.15, 0.2) is 0 Å². The highest BCUT2D eigenvalue weighted by atomic mass is 32.2. The second kappa shape index (κ2) is 9.42. The minimum Gasteiger partial charge on any atom is -0.495 e. The first-order valence-electron chi connectivity index (χ1n) is 10.7. The van der Waals surface area contributed by atoms with Crippen molar-refractivity contribution in [2.75, 3.05) is 32.1 Å². The molecule has 0 bridgehead atoms. The molecule has 0 radical (unpaired) electrons. The van der Waals surface area contributed by atoms with E-state index in [0.29, 0.717) is 37.1 Å². The van der Waals surface area contributed by atoms with Gasteiger partial charge < -0.3 is 14.5 Å². The predicted octanol–water partition coefficient (Wildman–Crippen LogP) is 3.07. The minimum atomic E-state index is -3.60. The number of carbonyl (C=O) groups is 1. The lowest BCUT2D eigenvalue weighted by atomic mass is 10.2. The Hall–Kier alpha value is -2.36. The van der Waals surface area contributed by atoms with Crippen LogP contribution in [0.4, 0.5) is 5.69 Å². The fourth-order valence-electron chi connectivity index (χ4n) is 3.93. The van der Waals surface area contributed by atoms with Gasteiger partial charge in [0.25, 0.3) is 0 Å². The Morgan fingerprint density at radius 3 is 2.65 bits per heavy atom. The summed E-state index contributed by atoms with van der Waals surface area (Å²) in [5.74, 6) is 1.02. The molecule has 1 saturated heterocycles. The van der Waals surface area contributed by atoms with E-state index in [1.54, 1.807) is 12.3 Å². The predicted molar refractivity (Wildman–Crippen MR) is 116 cm³/mol. The Kier molecular flexibility index (Phi) is 6.64. The molecule has 2 aliphatic rings. The molecule has 0 unspecified atom stereocenters. The van der Waals surface area contributed by atoms with Gasteiger partial charge in [0.05, 0.1) is 37.0 Å². The van der Waals surface area contributed by atoms with E-state index in [2.05, 4.69) is 10.2 Å². The summed E-state index contributed by atoms with van der Waals surface area (Å²) in [5.41, 5.74) is 0.360. The van der Waals surface area contributed by atoms with E-state index in [4.69, 9.17) is 9.15 Å². The van der Waals surface area contributed by atoms with Crippen molar-refractivity contribution in [3.05, 3.63) is 42.4 Å². The molecular weight excluding hydrogens is 418 g/mol. The zero-order valence-electron chi connectivity index (χ0n) is 17.7. The van der Waals surface area contributed by atoms with E-state index < -0.39 is 10.0 Å². The van der Waals surface area contributed by atoms with Crippen molar-refractivity contribution < 1.29 is 22.4 Å². The molecule has 1 aromatic heterocycles. The molecule has 9 heteroatoms. The highest BCUT2D eigenvalue weighted by Crippen LogP contribution is 2.31. The SMILES string of the molecule is COc1ccc(S(=O)(=O)N2CCCCC2)cc1NC(=O)CN(Cc1ccco1)C1CC1. The molecule has 31 heavy (non-hydrogen) atoms. The van der Waals surface area contributed by atoms with Crippen LogP contribution in [0.5, 0.6) is 5.75 Å². The standard InChI is InChI=1S/C22H29N3O5S/c1-29-21-10-9-19(31(27,28)25-11-3-2-4-12-25)14-20(21)23-22(26)16-24(17-7-8-17)15-18-6-5-13-30-18/h5-6,9-10,13-14,17H,2-4,7-8,11-12,15-16H2,1H3,(H,23,26). The van der Waals surface area contributed by atoms with Gasteiger partial charge in [-0.05, 0) is 56.0 Å². The molecule has 1 N–H and O–H groups in total. The highest BCUT2D eigenvalue weighted by molar-refractivity contribution is 7.89. The number of nitrogens with one attached hydrogen (secondary N) is 1. The zero-order chi connectivity index (χ0) is 21.8. The van der Waals surface area contributed by atoms with E-state index >= 15 is 0 Å². The quantitative estimate of drug-likeness (QED) is 0.635. The summed E-state index contributed by atoms with van der Waals surface area (Å²) < 4.78 is 38.4. The van der Waals surface area contributed by atoms with E-state index in [-0.39, 0.29) is 17.3 Å². The average Bonchev–Trinajstić information content (AvgIpc) is 3.50. The van der Waals surface area contributed by atoms with Gasteiger partial charge in [0.2, 0.25) is 15.9 Å². The summed E-state index contributed by atoms with van der Waals surface area (Å²) in [6.45, 7) is 1.81. The molecule has 0 spiro atoms. The van der Waals surface area contributed by atoms with Crippen molar-refractivity contribution in [1.82, 2.24) is 9.21 Å². The van der Waals surface area contributed by atoms with Gasteiger partial charge in [-0.1, -0.05) is 6.42 Å². The van der Waals surface area contributed by atoms with Crippen LogP contribution in [0.1, 0.15) is 37.9 Å². The van der Waals surface area contributed by atoms with Gasteiger partial charge in [0, 0.05) is 19.1 Å². The topological polar surface area (TPSA) is 92.1 Å². The van der Waals surface area contributed by atoms with Gasteiger partial charge in [-0.3, -0.25) is 9.69 Å². The van der Waals surface area contributed by atoms with Gasteiger partial charge in [0.1, 0.15) is 11.5 Å². The number of benzene rings is 1. The molecule has 1 aromatic carbocycles. The van der Waals surface area contributed by atoms with Gasteiger partial charge in [-0.2, -0.15) is 4.31 Å². The van der Waals surface area contributed by atoms with Crippen LogP contribution in [0.15, 0.2) is 45.9 Å². The maximum absolute atomic E-state index is 13.0. The first-order chi connectivity index (χ1) is 15.0. The summed E-state index contributed by atoms with van der Waals surface area (Å²) in [4.78, 5) is 15.1. The molecule has 0 atom stereocenters. The van der Waals surface area contributed by atoms with Crippen molar-refractivity contribution in [3.63, 3.8) is 0 Å². The number of rotatable bonds is 9. The van der Waals surface area contributed by atoms with E-state index in [1.165, 1.54) is 23.5 Å². The molecular formula is C22H29N3O5S. The Balaban J connectivity index is 1.48. The van der Waals surface area contributed by atoms with Crippen molar-refractivity contribution in [2.24, 2.45) is 0 Å². The molecule has 1 saturated carbocycles. The first kappa shape index (κ1) is 21.9. The third kappa shape index (κ3) is 5.28. The molecule has 168 valence electrons. The van der Waals surface area contributed by atoms with Crippen molar-refractivity contribution >= 4 is 21.6 Å². The molecule has 2 heterocycles. The van der Waals surface area contributed by atoms with Gasteiger partial charge in [-0.25, -0.2) is 8.42 Å². The number of piperidine rings is 1. The lowest BCUT2D eigenvalue weighted by Crippen LogP contribution is -2.36. The van der Waals surface area contributed by atoms with Crippen molar-refractivity contribution in [3.8, 4) is 5.75 Å². The van der Waals surface area contributed by atoms with Gasteiger partial charge in [-0.15, -0.1) is 0 Å². The number of hydrogen-bond donors (Lipinski definition) is 1. The maximum Gasteiger partial charge on any atom is 0.243 e. The second-order valence-electron chi connectivity index (χ2n) is 8.09. The lowest BCUT2D eigenvalue weighted by molar-refractivity contribution is -0.117. The molecule has 1 aliphatic carbocycles. The highest BCUT2D eigenvalue weighted by Gasteiger charge is 2.31. The maximum atomic E-state index is 13.0.